The van der Waals surface area contributed by atoms with E-state index in [0.29, 0.717) is 6.42 Å². The molecule has 5 heteroatoms. The maximum Gasteiger partial charge on any atom is 0.332 e. The van der Waals surface area contributed by atoms with Crippen LogP contribution in [0.5, 0.6) is 0 Å². The molecule has 4 nitrogen and oxygen atoms in total. The lowest BCUT2D eigenvalue weighted by atomic mass is 9.66. The van der Waals surface area contributed by atoms with Crippen LogP contribution in [0.15, 0.2) is 23.8 Å². The Hall–Kier alpha value is -1.10. The third-order valence-electron chi connectivity index (χ3n) is 3.19. The first kappa shape index (κ1) is 14.0. The fourth-order valence-electron chi connectivity index (χ4n) is 2.23. The first-order valence-corrected chi connectivity index (χ1v) is 6.46. The number of hydrogen-bond donors (Lipinski definition) is 2. The van der Waals surface area contributed by atoms with E-state index in [-0.39, 0.29) is 5.57 Å². The molecule has 1 aliphatic rings. The highest BCUT2D eigenvalue weighted by Crippen LogP contribution is 2.43. The summed E-state index contributed by atoms with van der Waals surface area (Å²) in [6, 6.07) is 0. The topological polar surface area (TPSA) is 74.6 Å². The minimum atomic E-state index is -1.04. The molecule has 0 heterocycles. The number of allylic oxidation sites excluding steroid dienone is 2. The zero-order valence-electron chi connectivity index (χ0n) is 9.52. The predicted molar refractivity (Wildman–Crippen MR) is 67.1 cm³/mol. The summed E-state index contributed by atoms with van der Waals surface area (Å²) in [6.07, 6.45) is 5.83. The summed E-state index contributed by atoms with van der Waals surface area (Å²) in [7, 11) is 0. The van der Waals surface area contributed by atoms with Crippen LogP contribution in [0, 0.1) is 11.3 Å². The van der Waals surface area contributed by atoms with Crippen LogP contribution < -0.4 is 0 Å². The van der Waals surface area contributed by atoms with Crippen LogP contribution >= 0.6 is 15.9 Å². The van der Waals surface area contributed by atoms with Gasteiger partial charge >= 0.3 is 11.9 Å². The summed E-state index contributed by atoms with van der Waals surface area (Å²) >= 11 is 3.28. The van der Waals surface area contributed by atoms with Gasteiger partial charge in [-0.25, -0.2) is 4.79 Å². The van der Waals surface area contributed by atoms with Gasteiger partial charge in [-0.2, -0.15) is 0 Å². The SMILES string of the molecule is CC1(CCCBr)C(C(=O)O)=CC=CC1C(=O)O. The van der Waals surface area contributed by atoms with Crippen molar-refractivity contribution in [3.63, 3.8) is 0 Å². The molecule has 94 valence electrons. The second-order valence-corrected chi connectivity index (χ2v) is 5.09. The number of carboxylic acid groups (broad SMARTS) is 2. The number of halogens is 1. The van der Waals surface area contributed by atoms with Crippen LogP contribution in [0.4, 0.5) is 0 Å². The molecule has 0 aromatic carbocycles. The largest absolute Gasteiger partial charge is 0.481 e. The number of hydrogen-bond acceptors (Lipinski definition) is 2. The van der Waals surface area contributed by atoms with Gasteiger partial charge in [0.15, 0.2) is 0 Å². The fraction of sp³-hybridized carbons (Fsp3) is 0.500. The van der Waals surface area contributed by atoms with Gasteiger partial charge in [0.25, 0.3) is 0 Å². The summed E-state index contributed by atoms with van der Waals surface area (Å²) < 4.78 is 0. The van der Waals surface area contributed by atoms with Crippen molar-refractivity contribution in [1.29, 1.82) is 0 Å². The molecule has 0 spiro atoms. The van der Waals surface area contributed by atoms with Crippen molar-refractivity contribution in [3.05, 3.63) is 23.8 Å². The first-order valence-electron chi connectivity index (χ1n) is 5.34. The van der Waals surface area contributed by atoms with Gasteiger partial charge in [0.1, 0.15) is 0 Å². The van der Waals surface area contributed by atoms with Crippen LogP contribution in [-0.2, 0) is 9.59 Å². The van der Waals surface area contributed by atoms with Crippen LogP contribution in [0.1, 0.15) is 19.8 Å². The van der Waals surface area contributed by atoms with E-state index in [1.807, 2.05) is 0 Å². The van der Waals surface area contributed by atoms with Gasteiger partial charge in [-0.1, -0.05) is 41.1 Å². The van der Waals surface area contributed by atoms with Crippen molar-refractivity contribution < 1.29 is 19.8 Å². The molecule has 0 radical (unpaired) electrons. The summed E-state index contributed by atoms with van der Waals surface area (Å²) in [5.41, 5.74) is -0.673. The lowest BCUT2D eigenvalue weighted by Crippen LogP contribution is -2.38. The quantitative estimate of drug-likeness (QED) is 0.765. The Balaban J connectivity index is 3.12. The van der Waals surface area contributed by atoms with E-state index in [2.05, 4.69) is 15.9 Å². The number of carboxylic acids is 2. The van der Waals surface area contributed by atoms with Crippen molar-refractivity contribution in [2.45, 2.75) is 19.8 Å². The number of alkyl halides is 1. The fourth-order valence-corrected chi connectivity index (χ4v) is 2.51. The molecule has 0 aliphatic heterocycles. The molecule has 2 N–H and O–H groups in total. The predicted octanol–water partition coefficient (Wildman–Crippen LogP) is 2.45. The average molecular weight is 303 g/mol. The smallest absolute Gasteiger partial charge is 0.332 e. The molecule has 0 aromatic heterocycles. The van der Waals surface area contributed by atoms with E-state index in [0.717, 1.165) is 11.8 Å². The third-order valence-corrected chi connectivity index (χ3v) is 3.76. The zero-order chi connectivity index (χ0) is 13.1. The molecule has 17 heavy (non-hydrogen) atoms. The van der Waals surface area contributed by atoms with Gasteiger partial charge in [-0.05, 0) is 12.8 Å². The van der Waals surface area contributed by atoms with E-state index in [9.17, 15) is 14.7 Å². The van der Waals surface area contributed by atoms with E-state index < -0.39 is 23.3 Å². The Morgan fingerprint density at radius 3 is 2.59 bits per heavy atom. The molecule has 0 amide bonds. The number of aliphatic carboxylic acids is 2. The Morgan fingerprint density at radius 1 is 1.47 bits per heavy atom. The summed E-state index contributed by atoms with van der Waals surface area (Å²) in [6.45, 7) is 1.71. The summed E-state index contributed by atoms with van der Waals surface area (Å²) in [4.78, 5) is 22.4. The second-order valence-electron chi connectivity index (χ2n) is 4.30. The monoisotopic (exact) mass is 302 g/mol. The van der Waals surface area contributed by atoms with E-state index >= 15 is 0 Å². The summed E-state index contributed by atoms with van der Waals surface area (Å²) in [5, 5.41) is 19.1. The zero-order valence-corrected chi connectivity index (χ0v) is 11.1. The molecule has 0 bridgehead atoms. The van der Waals surface area contributed by atoms with Gasteiger partial charge in [-0.3, -0.25) is 4.79 Å². The van der Waals surface area contributed by atoms with Gasteiger partial charge in [0.05, 0.1) is 5.92 Å². The molecule has 0 fully saturated rings. The van der Waals surface area contributed by atoms with E-state index in [1.165, 1.54) is 12.2 Å². The van der Waals surface area contributed by atoms with Gasteiger partial charge < -0.3 is 10.2 Å². The Morgan fingerprint density at radius 2 is 2.12 bits per heavy atom. The Kier molecular flexibility index (Phi) is 4.51. The molecule has 0 saturated heterocycles. The standard InChI is InChI=1S/C12H15BrO4/c1-12(6-3-7-13)8(10(14)15)4-2-5-9(12)11(16)17/h2,4-5,8H,3,6-7H2,1H3,(H,14,15)(H,16,17). The molecule has 2 atom stereocenters. The minimum Gasteiger partial charge on any atom is -0.481 e. The molecule has 1 aliphatic carbocycles. The Labute approximate surface area is 108 Å². The second kappa shape index (κ2) is 5.49. The first-order chi connectivity index (χ1) is 7.93. The molecule has 1 rings (SSSR count). The van der Waals surface area contributed by atoms with Crippen molar-refractivity contribution >= 4 is 27.9 Å². The number of rotatable bonds is 5. The van der Waals surface area contributed by atoms with Crippen LogP contribution in [-0.4, -0.2) is 27.5 Å². The molecule has 0 aromatic rings. The van der Waals surface area contributed by atoms with Crippen molar-refractivity contribution in [2.24, 2.45) is 11.3 Å². The lowest BCUT2D eigenvalue weighted by molar-refractivity contribution is -0.144. The maximum atomic E-state index is 11.2. The summed E-state index contributed by atoms with van der Waals surface area (Å²) in [5.74, 6) is -2.81. The van der Waals surface area contributed by atoms with Gasteiger partial charge in [0, 0.05) is 16.3 Å². The van der Waals surface area contributed by atoms with Crippen molar-refractivity contribution in [2.75, 3.05) is 5.33 Å². The molecular weight excluding hydrogens is 288 g/mol. The highest BCUT2D eigenvalue weighted by molar-refractivity contribution is 9.09. The van der Waals surface area contributed by atoms with E-state index in [4.69, 9.17) is 5.11 Å². The van der Waals surface area contributed by atoms with Crippen molar-refractivity contribution in [1.82, 2.24) is 0 Å². The molecule has 0 saturated carbocycles. The highest BCUT2D eigenvalue weighted by atomic mass is 79.9. The van der Waals surface area contributed by atoms with Gasteiger partial charge in [-0.15, -0.1) is 0 Å². The maximum absolute atomic E-state index is 11.2. The molecule has 2 unspecified atom stereocenters. The minimum absolute atomic E-state index is 0.174. The average Bonchev–Trinajstić information content (AvgIpc) is 2.25. The number of carbonyl (C=O) groups is 2. The van der Waals surface area contributed by atoms with Crippen LogP contribution in [0.25, 0.3) is 0 Å². The normalized spacial score (nSPS) is 27.6. The van der Waals surface area contributed by atoms with Crippen LogP contribution in [0.2, 0.25) is 0 Å². The Bertz CT molecular complexity index is 386. The highest BCUT2D eigenvalue weighted by Gasteiger charge is 2.44. The van der Waals surface area contributed by atoms with Crippen LogP contribution in [0.3, 0.4) is 0 Å². The third kappa shape index (κ3) is 2.77. The van der Waals surface area contributed by atoms with E-state index in [1.54, 1.807) is 13.0 Å². The van der Waals surface area contributed by atoms with Gasteiger partial charge in [0.2, 0.25) is 0 Å². The molecular formula is C12H15BrO4. The van der Waals surface area contributed by atoms with Crippen molar-refractivity contribution in [3.8, 4) is 0 Å². The lowest BCUT2D eigenvalue weighted by Gasteiger charge is -2.36.